The van der Waals surface area contributed by atoms with Gasteiger partial charge in [-0.25, -0.2) is 0 Å². The Labute approximate surface area is 244 Å². The molecule has 3 aromatic carbocycles. The van der Waals surface area contributed by atoms with Gasteiger partial charge in [0.2, 0.25) is 0 Å². The summed E-state index contributed by atoms with van der Waals surface area (Å²) in [5.74, 6) is -1.60. The first-order valence-electron chi connectivity index (χ1n) is 12.8. The minimum Gasteiger partial charge on any atom is -0.497 e. The lowest BCUT2D eigenvalue weighted by atomic mass is 9.76. The van der Waals surface area contributed by atoms with Crippen molar-refractivity contribution in [3.05, 3.63) is 92.9 Å². The van der Waals surface area contributed by atoms with E-state index in [9.17, 15) is 19.7 Å². The molecule has 0 radical (unpaired) electrons. The molecule has 0 unspecified atom stereocenters. The Bertz CT molecular complexity index is 1470. The number of nitrogens with zero attached hydrogens (tertiary/aromatic N) is 2. The van der Waals surface area contributed by atoms with Crippen LogP contribution in [-0.4, -0.2) is 54.0 Å². The van der Waals surface area contributed by atoms with Crippen LogP contribution >= 0.6 is 15.9 Å². The Balaban J connectivity index is 1.58. The standard InChI is InChI=1S/C29H28BrN3O8/c1-28(2)39-17-24(40-28)25-29(26(34)31-16-18-7-5-4-6-8-18,41-23-14-11-20(33(36)37)15-22(23)30)27(35)32(25)19-9-12-21(38-3)13-10-19/h4-15,24-25H,16-17H2,1-3H3,(H,31,34)/t24-,25+,29+/m1/s1. The van der Waals surface area contributed by atoms with Crippen LogP contribution in [0, 0.1) is 10.1 Å². The monoisotopic (exact) mass is 625 g/mol. The van der Waals surface area contributed by atoms with E-state index in [1.807, 2.05) is 30.3 Å². The average Bonchev–Trinajstić information content (AvgIpc) is 3.32. The molecular formula is C29H28BrN3O8. The lowest BCUT2D eigenvalue weighted by Gasteiger charge is -2.55. The van der Waals surface area contributed by atoms with Crippen LogP contribution in [-0.2, 0) is 25.6 Å². The number of hydrogen-bond donors (Lipinski definition) is 1. The fourth-order valence-corrected chi connectivity index (χ4v) is 5.47. The average molecular weight is 626 g/mol. The number of non-ortho nitro benzene ring substituents is 1. The summed E-state index contributed by atoms with van der Waals surface area (Å²) in [7, 11) is 1.54. The van der Waals surface area contributed by atoms with Gasteiger partial charge in [-0.3, -0.25) is 24.6 Å². The molecule has 5 rings (SSSR count). The number of methoxy groups -OCH3 is 1. The number of amides is 2. The maximum Gasteiger partial charge on any atom is 0.287 e. The third-order valence-corrected chi connectivity index (χ3v) is 7.61. The van der Waals surface area contributed by atoms with Crippen molar-refractivity contribution in [1.29, 1.82) is 0 Å². The van der Waals surface area contributed by atoms with Gasteiger partial charge in [0.05, 0.1) is 23.1 Å². The van der Waals surface area contributed by atoms with Gasteiger partial charge in [-0.05, 0) is 65.7 Å². The van der Waals surface area contributed by atoms with Gasteiger partial charge >= 0.3 is 0 Å². The first-order chi connectivity index (χ1) is 19.6. The third-order valence-electron chi connectivity index (χ3n) is 6.99. The van der Waals surface area contributed by atoms with Crippen molar-refractivity contribution in [2.75, 3.05) is 18.6 Å². The van der Waals surface area contributed by atoms with Crippen LogP contribution in [0.3, 0.4) is 0 Å². The molecule has 0 spiro atoms. The normalized spacial score (nSPS) is 23.0. The van der Waals surface area contributed by atoms with Gasteiger partial charge < -0.3 is 24.3 Å². The molecule has 2 aliphatic rings. The Morgan fingerprint density at radius 1 is 1.15 bits per heavy atom. The van der Waals surface area contributed by atoms with Gasteiger partial charge in [-0.15, -0.1) is 0 Å². The summed E-state index contributed by atoms with van der Waals surface area (Å²) < 4.78 is 23.8. The second kappa shape index (κ2) is 11.1. The van der Waals surface area contributed by atoms with Gasteiger partial charge in [0.15, 0.2) is 5.79 Å². The summed E-state index contributed by atoms with van der Waals surface area (Å²) in [5.41, 5.74) is -0.934. The minimum atomic E-state index is -2.08. The topological polar surface area (TPSA) is 129 Å². The zero-order valence-corrected chi connectivity index (χ0v) is 24.1. The number of carbonyl (C=O) groups excluding carboxylic acids is 2. The van der Waals surface area contributed by atoms with E-state index in [2.05, 4.69) is 21.2 Å². The van der Waals surface area contributed by atoms with Crippen molar-refractivity contribution in [2.45, 2.75) is 43.9 Å². The number of ether oxygens (including phenoxy) is 4. The molecule has 214 valence electrons. The Morgan fingerprint density at radius 2 is 1.85 bits per heavy atom. The largest absolute Gasteiger partial charge is 0.497 e. The Hall–Kier alpha value is -4.00. The number of carbonyl (C=O) groups is 2. The maximum atomic E-state index is 14.2. The second-order valence-electron chi connectivity index (χ2n) is 10.1. The van der Waals surface area contributed by atoms with Gasteiger partial charge in [-0.2, -0.15) is 0 Å². The number of nitrogens with one attached hydrogen (secondary N) is 1. The highest BCUT2D eigenvalue weighted by molar-refractivity contribution is 9.10. The third kappa shape index (κ3) is 5.37. The molecule has 1 N–H and O–H groups in total. The van der Waals surface area contributed by atoms with Crippen LogP contribution in [0.4, 0.5) is 11.4 Å². The number of nitro groups is 1. The maximum absolute atomic E-state index is 14.2. The number of hydrogen-bond acceptors (Lipinski definition) is 8. The van der Waals surface area contributed by atoms with Crippen molar-refractivity contribution >= 4 is 39.1 Å². The van der Waals surface area contributed by atoms with Crippen molar-refractivity contribution in [1.82, 2.24) is 5.32 Å². The number of anilines is 1. The highest BCUT2D eigenvalue weighted by atomic mass is 79.9. The molecule has 2 heterocycles. The van der Waals surface area contributed by atoms with E-state index in [1.165, 1.54) is 30.2 Å². The van der Waals surface area contributed by atoms with E-state index in [0.29, 0.717) is 11.4 Å². The molecule has 3 aromatic rings. The first kappa shape index (κ1) is 28.5. The summed E-state index contributed by atoms with van der Waals surface area (Å²) in [6.07, 6.45) is -0.746. The number of rotatable bonds is 9. The molecule has 11 nitrogen and oxygen atoms in total. The van der Waals surface area contributed by atoms with E-state index in [-0.39, 0.29) is 29.1 Å². The summed E-state index contributed by atoms with van der Waals surface area (Å²) in [5, 5.41) is 14.2. The van der Waals surface area contributed by atoms with Gasteiger partial charge in [-0.1, -0.05) is 30.3 Å². The summed E-state index contributed by atoms with van der Waals surface area (Å²) in [6, 6.07) is 19.0. The van der Waals surface area contributed by atoms with E-state index < -0.39 is 40.3 Å². The van der Waals surface area contributed by atoms with Crippen LogP contribution in [0.1, 0.15) is 19.4 Å². The predicted molar refractivity (Wildman–Crippen MR) is 152 cm³/mol. The van der Waals surface area contributed by atoms with Gasteiger partial charge in [0.1, 0.15) is 23.6 Å². The van der Waals surface area contributed by atoms with Crippen molar-refractivity contribution in [2.24, 2.45) is 0 Å². The van der Waals surface area contributed by atoms with Crippen molar-refractivity contribution < 1.29 is 33.5 Å². The smallest absolute Gasteiger partial charge is 0.287 e. The van der Waals surface area contributed by atoms with E-state index in [4.69, 9.17) is 18.9 Å². The lowest BCUT2D eigenvalue weighted by molar-refractivity contribution is -0.385. The molecule has 12 heteroatoms. The molecule has 0 bridgehead atoms. The Kier molecular flexibility index (Phi) is 7.73. The number of benzene rings is 3. The van der Waals surface area contributed by atoms with Crippen molar-refractivity contribution in [3.63, 3.8) is 0 Å². The van der Waals surface area contributed by atoms with Gasteiger partial charge in [0, 0.05) is 24.4 Å². The molecule has 2 aliphatic heterocycles. The van der Waals surface area contributed by atoms with E-state index in [1.54, 1.807) is 38.1 Å². The van der Waals surface area contributed by atoms with Crippen molar-refractivity contribution in [3.8, 4) is 11.5 Å². The quantitative estimate of drug-likeness (QED) is 0.161. The molecule has 0 aromatic heterocycles. The summed E-state index contributed by atoms with van der Waals surface area (Å²) in [4.78, 5) is 40.5. The predicted octanol–water partition coefficient (Wildman–Crippen LogP) is 4.37. The van der Waals surface area contributed by atoms with Crippen LogP contribution < -0.4 is 19.7 Å². The number of nitro benzene ring substituents is 1. The molecular weight excluding hydrogens is 598 g/mol. The molecule has 2 saturated heterocycles. The zero-order chi connectivity index (χ0) is 29.4. The lowest BCUT2D eigenvalue weighted by Crippen LogP contribution is -2.84. The molecule has 41 heavy (non-hydrogen) atoms. The number of halogens is 1. The van der Waals surface area contributed by atoms with E-state index >= 15 is 0 Å². The molecule has 0 saturated carbocycles. The molecule has 2 fully saturated rings. The van der Waals surface area contributed by atoms with Crippen LogP contribution in [0.25, 0.3) is 0 Å². The second-order valence-corrected chi connectivity index (χ2v) is 10.9. The highest BCUT2D eigenvalue weighted by Gasteiger charge is 2.72. The van der Waals surface area contributed by atoms with E-state index in [0.717, 1.165) is 5.56 Å². The number of β-lactam (4-membered cyclic amide) rings is 1. The van der Waals surface area contributed by atoms with Crippen LogP contribution in [0.5, 0.6) is 11.5 Å². The summed E-state index contributed by atoms with van der Waals surface area (Å²) >= 11 is 3.31. The molecule has 2 amide bonds. The van der Waals surface area contributed by atoms with Gasteiger partial charge in [0.25, 0.3) is 23.1 Å². The zero-order valence-electron chi connectivity index (χ0n) is 22.5. The minimum absolute atomic E-state index is 0.0800. The first-order valence-corrected chi connectivity index (χ1v) is 13.6. The van der Waals surface area contributed by atoms with Crippen LogP contribution in [0.2, 0.25) is 0 Å². The molecule has 0 aliphatic carbocycles. The highest BCUT2D eigenvalue weighted by Crippen LogP contribution is 2.46. The summed E-state index contributed by atoms with van der Waals surface area (Å²) in [6.45, 7) is 3.73. The fourth-order valence-electron chi connectivity index (χ4n) is 5.02. The molecule has 3 atom stereocenters. The Morgan fingerprint density at radius 3 is 2.44 bits per heavy atom. The SMILES string of the molecule is COc1ccc(N2C(=O)[C@@](Oc3ccc([N+](=O)[O-])cc3Br)(C(=O)NCc3ccccc3)[C@@H]2[C@H]2COC(C)(C)O2)cc1. The van der Waals surface area contributed by atoms with Crippen LogP contribution in [0.15, 0.2) is 77.3 Å². The fraction of sp³-hybridized carbons (Fsp3) is 0.310.